The Labute approximate surface area is 90.1 Å². The maximum Gasteiger partial charge on any atom is 0.321 e. The molecule has 0 fully saturated rings. The minimum Gasteiger partial charge on any atom is -0.480 e. The van der Waals surface area contributed by atoms with Gasteiger partial charge in [0, 0.05) is 5.92 Å². The van der Waals surface area contributed by atoms with Crippen molar-refractivity contribution in [1.82, 2.24) is 5.32 Å². The highest BCUT2D eigenvalue weighted by molar-refractivity contribution is 5.74. The Morgan fingerprint density at radius 3 is 2.47 bits per heavy atom. The van der Waals surface area contributed by atoms with Crippen LogP contribution in [0.5, 0.6) is 0 Å². The molecule has 3 nitrogen and oxygen atoms in total. The van der Waals surface area contributed by atoms with E-state index >= 15 is 0 Å². The average molecular weight is 207 g/mol. The summed E-state index contributed by atoms with van der Waals surface area (Å²) in [6.45, 7) is 4.50. The fourth-order valence-electron chi connectivity index (χ4n) is 1.65. The van der Waals surface area contributed by atoms with Crippen LogP contribution in [0.3, 0.4) is 0 Å². The van der Waals surface area contributed by atoms with Crippen molar-refractivity contribution in [2.75, 3.05) is 6.54 Å². The van der Waals surface area contributed by atoms with E-state index < -0.39 is 12.0 Å². The van der Waals surface area contributed by atoms with Gasteiger partial charge in [-0.2, -0.15) is 0 Å². The fraction of sp³-hybridized carbons (Fsp3) is 0.417. The van der Waals surface area contributed by atoms with E-state index in [0.29, 0.717) is 6.54 Å². The molecule has 0 radical (unpaired) electrons. The molecule has 1 aromatic rings. The second kappa shape index (κ2) is 5.51. The lowest BCUT2D eigenvalue weighted by Gasteiger charge is -2.21. The monoisotopic (exact) mass is 207 g/mol. The summed E-state index contributed by atoms with van der Waals surface area (Å²) >= 11 is 0. The number of nitrogens with one attached hydrogen (secondary N) is 1. The minimum atomic E-state index is -0.798. The van der Waals surface area contributed by atoms with Gasteiger partial charge in [0.05, 0.1) is 0 Å². The molecule has 0 heterocycles. The Kier molecular flexibility index (Phi) is 4.31. The number of rotatable bonds is 5. The number of benzene rings is 1. The number of hydrogen-bond acceptors (Lipinski definition) is 2. The van der Waals surface area contributed by atoms with Gasteiger partial charge in [-0.15, -0.1) is 0 Å². The van der Waals surface area contributed by atoms with Crippen LogP contribution in [-0.4, -0.2) is 23.7 Å². The summed E-state index contributed by atoms with van der Waals surface area (Å²) in [5, 5.41) is 12.1. The van der Waals surface area contributed by atoms with Gasteiger partial charge in [0.2, 0.25) is 0 Å². The molecule has 0 bridgehead atoms. The molecular formula is C12H17NO2. The van der Waals surface area contributed by atoms with Crippen molar-refractivity contribution in [3.05, 3.63) is 35.9 Å². The zero-order chi connectivity index (χ0) is 11.3. The van der Waals surface area contributed by atoms with Crippen LogP contribution in [0.1, 0.15) is 25.3 Å². The molecule has 2 N–H and O–H groups in total. The topological polar surface area (TPSA) is 49.3 Å². The van der Waals surface area contributed by atoms with Gasteiger partial charge in [-0.05, 0) is 12.1 Å². The zero-order valence-electron chi connectivity index (χ0n) is 9.10. The van der Waals surface area contributed by atoms with Gasteiger partial charge < -0.3 is 10.4 Å². The van der Waals surface area contributed by atoms with Gasteiger partial charge in [-0.1, -0.05) is 44.2 Å². The number of carboxylic acid groups (broad SMARTS) is 1. The number of hydrogen-bond donors (Lipinski definition) is 2. The molecule has 0 aliphatic heterocycles. The van der Waals surface area contributed by atoms with E-state index in [1.54, 1.807) is 0 Å². The lowest BCUT2D eigenvalue weighted by atomic mass is 9.93. The zero-order valence-corrected chi connectivity index (χ0v) is 9.10. The lowest BCUT2D eigenvalue weighted by Crippen LogP contribution is -2.40. The van der Waals surface area contributed by atoms with Crippen molar-refractivity contribution in [3.8, 4) is 0 Å². The maximum absolute atomic E-state index is 11.0. The third-order valence-corrected chi connectivity index (χ3v) is 2.52. The van der Waals surface area contributed by atoms with Gasteiger partial charge in [0.1, 0.15) is 6.04 Å². The van der Waals surface area contributed by atoms with E-state index in [-0.39, 0.29) is 5.92 Å². The van der Waals surface area contributed by atoms with Crippen LogP contribution in [0, 0.1) is 0 Å². The van der Waals surface area contributed by atoms with Crippen molar-refractivity contribution in [3.63, 3.8) is 0 Å². The van der Waals surface area contributed by atoms with E-state index in [1.165, 1.54) is 0 Å². The van der Waals surface area contributed by atoms with Crippen LogP contribution in [0.4, 0.5) is 0 Å². The van der Waals surface area contributed by atoms with Gasteiger partial charge in [-0.3, -0.25) is 4.79 Å². The molecule has 0 spiro atoms. The quantitative estimate of drug-likeness (QED) is 0.774. The molecule has 82 valence electrons. The SMILES string of the molecule is CCNC(C(=O)O)C(C)c1ccccc1. The molecule has 0 saturated heterocycles. The Bertz CT molecular complexity index is 311. The summed E-state index contributed by atoms with van der Waals surface area (Å²) < 4.78 is 0. The molecule has 3 heteroatoms. The second-order valence-corrected chi connectivity index (χ2v) is 3.57. The number of likely N-dealkylation sites (N-methyl/N-ethyl adjacent to an activating group) is 1. The van der Waals surface area contributed by atoms with Crippen molar-refractivity contribution in [1.29, 1.82) is 0 Å². The molecule has 0 aromatic heterocycles. The van der Waals surface area contributed by atoms with Crippen LogP contribution in [0.15, 0.2) is 30.3 Å². The Hall–Kier alpha value is -1.35. The van der Waals surface area contributed by atoms with E-state index in [0.717, 1.165) is 5.56 Å². The normalized spacial score (nSPS) is 14.5. The molecule has 0 aliphatic rings. The van der Waals surface area contributed by atoms with Crippen LogP contribution >= 0.6 is 0 Å². The second-order valence-electron chi connectivity index (χ2n) is 3.57. The summed E-state index contributed by atoms with van der Waals surface area (Å²) in [5.74, 6) is -0.822. The molecule has 2 unspecified atom stereocenters. The maximum atomic E-state index is 11.0. The predicted molar refractivity (Wildman–Crippen MR) is 60.0 cm³/mol. The highest BCUT2D eigenvalue weighted by Gasteiger charge is 2.24. The Morgan fingerprint density at radius 2 is 2.00 bits per heavy atom. The van der Waals surface area contributed by atoms with Crippen molar-refractivity contribution < 1.29 is 9.90 Å². The van der Waals surface area contributed by atoms with E-state index in [2.05, 4.69) is 5.32 Å². The van der Waals surface area contributed by atoms with Crippen molar-refractivity contribution in [2.45, 2.75) is 25.8 Å². The van der Waals surface area contributed by atoms with E-state index in [1.807, 2.05) is 44.2 Å². The number of carbonyl (C=O) groups is 1. The molecule has 15 heavy (non-hydrogen) atoms. The third kappa shape index (κ3) is 3.06. The lowest BCUT2D eigenvalue weighted by molar-refractivity contribution is -0.140. The van der Waals surface area contributed by atoms with Crippen LogP contribution < -0.4 is 5.32 Å². The molecule has 1 aromatic carbocycles. The molecule has 2 atom stereocenters. The average Bonchev–Trinajstić information content (AvgIpc) is 2.26. The predicted octanol–water partition coefficient (Wildman–Crippen LogP) is 1.85. The van der Waals surface area contributed by atoms with Crippen LogP contribution in [0.2, 0.25) is 0 Å². The summed E-state index contributed by atoms with van der Waals surface area (Å²) in [4.78, 5) is 11.0. The standard InChI is InChI=1S/C12H17NO2/c1-3-13-11(12(14)15)9(2)10-7-5-4-6-8-10/h4-9,11,13H,3H2,1-2H3,(H,14,15). The Morgan fingerprint density at radius 1 is 1.40 bits per heavy atom. The first kappa shape index (κ1) is 11.7. The summed E-state index contributed by atoms with van der Waals surface area (Å²) in [6.07, 6.45) is 0. The molecule has 0 aliphatic carbocycles. The summed E-state index contributed by atoms with van der Waals surface area (Å²) in [7, 11) is 0. The van der Waals surface area contributed by atoms with Crippen LogP contribution in [-0.2, 0) is 4.79 Å². The first-order chi connectivity index (χ1) is 7.16. The fourth-order valence-corrected chi connectivity index (χ4v) is 1.65. The first-order valence-electron chi connectivity index (χ1n) is 5.18. The van der Waals surface area contributed by atoms with Gasteiger partial charge in [0.25, 0.3) is 0 Å². The first-order valence-corrected chi connectivity index (χ1v) is 5.18. The van der Waals surface area contributed by atoms with Crippen LogP contribution in [0.25, 0.3) is 0 Å². The van der Waals surface area contributed by atoms with Crippen molar-refractivity contribution in [2.24, 2.45) is 0 Å². The van der Waals surface area contributed by atoms with Gasteiger partial charge in [-0.25, -0.2) is 0 Å². The molecular weight excluding hydrogens is 190 g/mol. The molecule has 0 amide bonds. The summed E-state index contributed by atoms with van der Waals surface area (Å²) in [6, 6.07) is 9.18. The number of carboxylic acids is 1. The highest BCUT2D eigenvalue weighted by atomic mass is 16.4. The van der Waals surface area contributed by atoms with E-state index in [4.69, 9.17) is 5.11 Å². The van der Waals surface area contributed by atoms with E-state index in [9.17, 15) is 4.79 Å². The summed E-state index contributed by atoms with van der Waals surface area (Å²) in [5.41, 5.74) is 1.05. The van der Waals surface area contributed by atoms with Gasteiger partial charge >= 0.3 is 5.97 Å². The highest BCUT2D eigenvalue weighted by Crippen LogP contribution is 2.18. The van der Waals surface area contributed by atoms with Crippen molar-refractivity contribution >= 4 is 5.97 Å². The smallest absolute Gasteiger partial charge is 0.321 e. The molecule has 0 saturated carbocycles. The largest absolute Gasteiger partial charge is 0.480 e. The molecule has 1 rings (SSSR count). The third-order valence-electron chi connectivity index (χ3n) is 2.52. The van der Waals surface area contributed by atoms with Gasteiger partial charge in [0.15, 0.2) is 0 Å². The number of aliphatic carboxylic acids is 1. The Balaban J connectivity index is 2.81. The minimum absolute atomic E-state index is 0.0244.